The third kappa shape index (κ3) is 5.46. The highest BCUT2D eigenvalue weighted by Gasteiger charge is 2.14. The maximum Gasteiger partial charge on any atom is 0.191 e. The van der Waals surface area contributed by atoms with Crippen LogP contribution in [0.3, 0.4) is 0 Å². The first-order chi connectivity index (χ1) is 14.1. The molecule has 6 nitrogen and oxygen atoms in total. The van der Waals surface area contributed by atoms with Crippen molar-refractivity contribution in [1.82, 2.24) is 14.8 Å². The Morgan fingerprint density at radius 2 is 1.83 bits per heavy atom. The molecule has 0 aliphatic rings. The largest absolute Gasteiger partial charge is 0.497 e. The van der Waals surface area contributed by atoms with Gasteiger partial charge < -0.3 is 14.2 Å². The normalized spacial score (nSPS) is 10.6. The smallest absolute Gasteiger partial charge is 0.191 e. The number of hydrogen-bond donors (Lipinski definition) is 0. The Bertz CT molecular complexity index is 960. The molecule has 0 radical (unpaired) electrons. The number of halogens is 1. The van der Waals surface area contributed by atoms with Gasteiger partial charge in [0.2, 0.25) is 0 Å². The van der Waals surface area contributed by atoms with E-state index in [-0.39, 0.29) is 0 Å². The summed E-state index contributed by atoms with van der Waals surface area (Å²) in [5.74, 6) is 3.69. The van der Waals surface area contributed by atoms with Crippen molar-refractivity contribution in [2.75, 3.05) is 14.2 Å². The van der Waals surface area contributed by atoms with Gasteiger partial charge in [0.05, 0.1) is 14.2 Å². The Morgan fingerprint density at radius 1 is 1.07 bits per heavy atom. The van der Waals surface area contributed by atoms with E-state index in [1.54, 1.807) is 38.1 Å². The summed E-state index contributed by atoms with van der Waals surface area (Å²) < 4.78 is 18.6. The lowest BCUT2D eigenvalue weighted by Gasteiger charge is -2.11. The number of allylic oxidation sites excluding steroid dienone is 1. The van der Waals surface area contributed by atoms with Gasteiger partial charge in [-0.2, -0.15) is 0 Å². The third-order valence-electron chi connectivity index (χ3n) is 4.13. The zero-order valence-corrected chi connectivity index (χ0v) is 17.9. The lowest BCUT2D eigenvalue weighted by atomic mass is 10.2. The Hall–Kier alpha value is -2.64. The standard InChI is InChI=1S/C21H22ClN3O3S/c1-4-11-25-20(13-28-17-7-5-16(22)6-8-17)23-24-21(25)29-14-15-12-18(26-2)9-10-19(15)27-3/h4-10,12H,1,11,13-14H2,2-3H3. The van der Waals surface area contributed by atoms with Crippen molar-refractivity contribution in [2.24, 2.45) is 0 Å². The zero-order valence-electron chi connectivity index (χ0n) is 16.3. The van der Waals surface area contributed by atoms with Gasteiger partial charge in [-0.25, -0.2) is 0 Å². The summed E-state index contributed by atoms with van der Waals surface area (Å²) in [5.41, 5.74) is 1.02. The van der Waals surface area contributed by atoms with Crippen molar-refractivity contribution in [3.63, 3.8) is 0 Å². The lowest BCUT2D eigenvalue weighted by molar-refractivity contribution is 0.289. The monoisotopic (exact) mass is 431 g/mol. The van der Waals surface area contributed by atoms with Gasteiger partial charge in [0.15, 0.2) is 11.0 Å². The quantitative estimate of drug-likeness (QED) is 0.332. The summed E-state index contributed by atoms with van der Waals surface area (Å²) in [6.45, 7) is 4.72. The number of thioether (sulfide) groups is 1. The van der Waals surface area contributed by atoms with Crippen LogP contribution >= 0.6 is 23.4 Å². The minimum Gasteiger partial charge on any atom is -0.497 e. The Kier molecular flexibility index (Phi) is 7.43. The predicted octanol–water partition coefficient (Wildman–Crippen LogP) is 5.01. The SMILES string of the molecule is C=CCn1c(COc2ccc(Cl)cc2)nnc1SCc1cc(OC)ccc1OC. The molecular formula is C21H22ClN3O3S. The maximum atomic E-state index is 5.91. The minimum atomic E-state index is 0.297. The van der Waals surface area contributed by atoms with E-state index in [1.807, 2.05) is 41.0 Å². The fourth-order valence-corrected chi connectivity index (χ4v) is 3.73. The van der Waals surface area contributed by atoms with Crippen LogP contribution in [0.1, 0.15) is 11.4 Å². The Labute approximate surface area is 179 Å². The van der Waals surface area contributed by atoms with Gasteiger partial charge in [0.25, 0.3) is 0 Å². The van der Waals surface area contributed by atoms with Crippen LogP contribution in [0.4, 0.5) is 0 Å². The van der Waals surface area contributed by atoms with E-state index in [4.69, 9.17) is 25.8 Å². The molecular weight excluding hydrogens is 410 g/mol. The predicted molar refractivity (Wildman–Crippen MR) is 115 cm³/mol. The molecule has 0 bridgehead atoms. The van der Waals surface area contributed by atoms with Crippen molar-refractivity contribution in [2.45, 2.75) is 24.1 Å². The molecule has 3 rings (SSSR count). The molecule has 0 atom stereocenters. The average Bonchev–Trinajstić information content (AvgIpc) is 3.13. The molecule has 0 saturated carbocycles. The molecule has 2 aromatic carbocycles. The van der Waals surface area contributed by atoms with Crippen molar-refractivity contribution in [3.05, 3.63) is 71.5 Å². The summed E-state index contributed by atoms with van der Waals surface area (Å²) in [7, 11) is 3.30. The van der Waals surface area contributed by atoms with E-state index in [9.17, 15) is 0 Å². The van der Waals surface area contributed by atoms with E-state index < -0.39 is 0 Å². The topological polar surface area (TPSA) is 58.4 Å². The number of methoxy groups -OCH3 is 2. The van der Waals surface area contributed by atoms with Crippen LogP contribution in [0.2, 0.25) is 5.02 Å². The van der Waals surface area contributed by atoms with Crippen LogP contribution in [0.15, 0.2) is 60.3 Å². The van der Waals surface area contributed by atoms with Gasteiger partial charge >= 0.3 is 0 Å². The highest BCUT2D eigenvalue weighted by Crippen LogP contribution is 2.30. The van der Waals surface area contributed by atoms with E-state index >= 15 is 0 Å². The van der Waals surface area contributed by atoms with E-state index in [0.717, 1.165) is 33.8 Å². The Morgan fingerprint density at radius 3 is 2.52 bits per heavy atom. The second-order valence-corrected chi connectivity index (χ2v) is 7.39. The molecule has 1 heterocycles. The zero-order chi connectivity index (χ0) is 20.6. The van der Waals surface area contributed by atoms with Crippen LogP contribution < -0.4 is 14.2 Å². The van der Waals surface area contributed by atoms with Crippen LogP contribution in [0.5, 0.6) is 17.2 Å². The van der Waals surface area contributed by atoms with Crippen LogP contribution in [0, 0.1) is 0 Å². The highest BCUT2D eigenvalue weighted by atomic mass is 35.5. The first-order valence-corrected chi connectivity index (χ1v) is 10.3. The fourth-order valence-electron chi connectivity index (χ4n) is 2.66. The first-order valence-electron chi connectivity index (χ1n) is 8.89. The summed E-state index contributed by atoms with van der Waals surface area (Å²) in [6.07, 6.45) is 1.81. The summed E-state index contributed by atoms with van der Waals surface area (Å²) in [5, 5.41) is 10.1. The summed E-state index contributed by atoms with van der Waals surface area (Å²) >= 11 is 7.48. The second kappa shape index (κ2) is 10.2. The van der Waals surface area contributed by atoms with Gasteiger partial charge in [-0.15, -0.1) is 16.8 Å². The van der Waals surface area contributed by atoms with Gasteiger partial charge in [-0.3, -0.25) is 4.57 Å². The molecule has 0 aliphatic carbocycles. The molecule has 0 amide bonds. The van der Waals surface area contributed by atoms with Crippen LogP contribution in [0.25, 0.3) is 0 Å². The molecule has 3 aromatic rings. The van der Waals surface area contributed by atoms with E-state index in [1.165, 1.54) is 0 Å². The van der Waals surface area contributed by atoms with E-state index in [0.29, 0.717) is 23.9 Å². The molecule has 0 fully saturated rings. The second-order valence-electron chi connectivity index (χ2n) is 6.01. The summed E-state index contributed by atoms with van der Waals surface area (Å²) in [6, 6.07) is 12.9. The van der Waals surface area contributed by atoms with Gasteiger partial charge in [0.1, 0.15) is 23.9 Å². The summed E-state index contributed by atoms with van der Waals surface area (Å²) in [4.78, 5) is 0. The Balaban J connectivity index is 1.73. The van der Waals surface area contributed by atoms with Crippen LogP contribution in [-0.2, 0) is 18.9 Å². The van der Waals surface area contributed by atoms with Crippen molar-refractivity contribution >= 4 is 23.4 Å². The third-order valence-corrected chi connectivity index (χ3v) is 5.40. The fraction of sp³-hybridized carbons (Fsp3) is 0.238. The highest BCUT2D eigenvalue weighted by molar-refractivity contribution is 7.98. The average molecular weight is 432 g/mol. The van der Waals surface area contributed by atoms with Gasteiger partial charge in [-0.1, -0.05) is 29.4 Å². The number of ether oxygens (including phenoxy) is 3. The van der Waals surface area contributed by atoms with Gasteiger partial charge in [0, 0.05) is 22.9 Å². The lowest BCUT2D eigenvalue weighted by Crippen LogP contribution is -2.07. The molecule has 29 heavy (non-hydrogen) atoms. The number of hydrogen-bond acceptors (Lipinski definition) is 6. The van der Waals surface area contributed by atoms with Crippen molar-refractivity contribution in [3.8, 4) is 17.2 Å². The number of aromatic nitrogens is 3. The molecule has 0 unspecified atom stereocenters. The molecule has 152 valence electrons. The molecule has 0 aliphatic heterocycles. The molecule has 0 saturated heterocycles. The number of rotatable bonds is 10. The molecule has 0 spiro atoms. The van der Waals surface area contributed by atoms with Crippen molar-refractivity contribution in [1.29, 1.82) is 0 Å². The molecule has 0 N–H and O–H groups in total. The van der Waals surface area contributed by atoms with Crippen molar-refractivity contribution < 1.29 is 14.2 Å². The molecule has 8 heteroatoms. The number of benzene rings is 2. The first kappa shape index (κ1) is 21.1. The van der Waals surface area contributed by atoms with E-state index in [2.05, 4.69) is 16.8 Å². The van der Waals surface area contributed by atoms with Crippen LogP contribution in [-0.4, -0.2) is 29.0 Å². The van der Waals surface area contributed by atoms with Gasteiger partial charge in [-0.05, 0) is 42.5 Å². The maximum absolute atomic E-state index is 5.91. The number of nitrogens with zero attached hydrogens (tertiary/aromatic N) is 3. The molecule has 1 aromatic heterocycles. The minimum absolute atomic E-state index is 0.297.